The summed E-state index contributed by atoms with van der Waals surface area (Å²) in [6, 6.07) is 7.09. The topological polar surface area (TPSA) is 109 Å². The number of aromatic nitrogens is 5. The van der Waals surface area contributed by atoms with Crippen LogP contribution in [0.4, 0.5) is 11.6 Å². The molecule has 0 aliphatic carbocycles. The first-order valence-corrected chi connectivity index (χ1v) is 9.71. The van der Waals surface area contributed by atoms with Crippen LogP contribution in [-0.2, 0) is 17.1 Å². The Kier molecular flexibility index (Phi) is 4.21. The molecule has 1 aliphatic heterocycles. The predicted molar refractivity (Wildman–Crippen MR) is 95.2 cm³/mol. The summed E-state index contributed by atoms with van der Waals surface area (Å²) in [4.78, 5) is 8.20. The molecular weight excluding hydrogens is 354 g/mol. The monoisotopic (exact) mass is 373 g/mol. The summed E-state index contributed by atoms with van der Waals surface area (Å²) in [7, 11) is -1.90. The summed E-state index contributed by atoms with van der Waals surface area (Å²) in [6.45, 7) is 0.464. The van der Waals surface area contributed by atoms with Crippen LogP contribution in [0.1, 0.15) is 24.6 Å². The van der Waals surface area contributed by atoms with Gasteiger partial charge in [0, 0.05) is 32.1 Å². The van der Waals surface area contributed by atoms with Gasteiger partial charge in [-0.15, -0.1) is 0 Å². The summed E-state index contributed by atoms with van der Waals surface area (Å²) >= 11 is 0. The van der Waals surface area contributed by atoms with Crippen molar-refractivity contribution in [1.82, 2.24) is 29.0 Å². The molecule has 1 atom stereocenters. The van der Waals surface area contributed by atoms with Gasteiger partial charge in [0.1, 0.15) is 5.82 Å². The van der Waals surface area contributed by atoms with Crippen molar-refractivity contribution in [1.29, 1.82) is 0 Å². The van der Waals surface area contributed by atoms with Crippen molar-refractivity contribution < 1.29 is 8.42 Å². The molecule has 2 N–H and O–H groups in total. The molecule has 4 rings (SSSR count). The van der Waals surface area contributed by atoms with E-state index in [0.29, 0.717) is 18.2 Å². The molecule has 1 fully saturated rings. The van der Waals surface area contributed by atoms with E-state index in [9.17, 15) is 8.42 Å². The van der Waals surface area contributed by atoms with Crippen LogP contribution < -0.4 is 5.32 Å². The number of anilines is 2. The number of nitrogens with zero attached hydrogens (tertiary/aromatic N) is 5. The minimum Gasteiger partial charge on any atom is -0.339 e. The van der Waals surface area contributed by atoms with E-state index in [1.54, 1.807) is 17.8 Å². The lowest BCUT2D eigenvalue weighted by Crippen LogP contribution is -2.31. The van der Waals surface area contributed by atoms with Gasteiger partial charge >= 0.3 is 0 Å². The number of sulfonamides is 1. The fourth-order valence-corrected chi connectivity index (χ4v) is 4.76. The van der Waals surface area contributed by atoms with Gasteiger partial charge in [0.05, 0.1) is 18.1 Å². The minimum atomic E-state index is -3.64. The predicted octanol–water partition coefficient (Wildman–Crippen LogP) is 1.81. The highest BCUT2D eigenvalue weighted by Crippen LogP contribution is 2.36. The van der Waals surface area contributed by atoms with Crippen LogP contribution in [0.5, 0.6) is 0 Å². The zero-order chi connectivity index (χ0) is 18.1. The Morgan fingerprint density at radius 3 is 2.88 bits per heavy atom. The van der Waals surface area contributed by atoms with Gasteiger partial charge < -0.3 is 9.88 Å². The molecule has 0 bridgehead atoms. The SMILES string of the molecule is Cn1cnc(S(=O)(=O)N2CCC[C@H]2c2cc(Nc3ccccn3)n[nH]2)c1. The Labute approximate surface area is 151 Å². The van der Waals surface area contributed by atoms with E-state index in [1.165, 1.54) is 16.8 Å². The molecule has 3 aromatic heterocycles. The number of aromatic amines is 1. The molecule has 0 amide bonds. The van der Waals surface area contributed by atoms with Gasteiger partial charge in [-0.05, 0) is 25.0 Å². The molecule has 1 aliphatic rings. The molecule has 0 radical (unpaired) electrons. The second kappa shape index (κ2) is 6.54. The van der Waals surface area contributed by atoms with E-state index in [0.717, 1.165) is 18.5 Å². The summed E-state index contributed by atoms with van der Waals surface area (Å²) < 4.78 is 29.0. The van der Waals surface area contributed by atoms with Gasteiger partial charge in [0.15, 0.2) is 10.8 Å². The van der Waals surface area contributed by atoms with Crippen molar-refractivity contribution in [2.75, 3.05) is 11.9 Å². The molecule has 0 spiro atoms. The fraction of sp³-hybridized carbons (Fsp3) is 0.312. The lowest BCUT2D eigenvalue weighted by molar-refractivity contribution is 0.388. The molecule has 0 aromatic carbocycles. The first kappa shape index (κ1) is 16.7. The Morgan fingerprint density at radius 1 is 1.27 bits per heavy atom. The van der Waals surface area contributed by atoms with Gasteiger partial charge in [-0.2, -0.15) is 9.40 Å². The van der Waals surface area contributed by atoms with Gasteiger partial charge in [-0.1, -0.05) is 6.07 Å². The second-order valence-corrected chi connectivity index (χ2v) is 8.04. The van der Waals surface area contributed by atoms with Gasteiger partial charge in [0.25, 0.3) is 10.0 Å². The third-order valence-corrected chi connectivity index (χ3v) is 6.13. The smallest absolute Gasteiger partial charge is 0.262 e. The van der Waals surface area contributed by atoms with E-state index in [1.807, 2.05) is 24.3 Å². The zero-order valence-corrected chi connectivity index (χ0v) is 15.0. The quantitative estimate of drug-likeness (QED) is 0.706. The third kappa shape index (κ3) is 3.08. The minimum absolute atomic E-state index is 0.0678. The molecule has 4 heterocycles. The fourth-order valence-electron chi connectivity index (χ4n) is 3.12. The number of hydrogen-bond donors (Lipinski definition) is 2. The lowest BCUT2D eigenvalue weighted by Gasteiger charge is -2.21. The molecule has 3 aromatic rings. The Bertz CT molecular complexity index is 997. The third-order valence-electron chi connectivity index (χ3n) is 4.34. The maximum Gasteiger partial charge on any atom is 0.262 e. The Hall–Kier alpha value is -2.72. The van der Waals surface area contributed by atoms with Crippen molar-refractivity contribution in [2.24, 2.45) is 7.05 Å². The van der Waals surface area contributed by atoms with Gasteiger partial charge in [0.2, 0.25) is 0 Å². The molecule has 10 heteroatoms. The van der Waals surface area contributed by atoms with Crippen molar-refractivity contribution in [3.05, 3.63) is 48.7 Å². The number of nitrogens with one attached hydrogen (secondary N) is 2. The van der Waals surface area contributed by atoms with Crippen molar-refractivity contribution in [2.45, 2.75) is 23.9 Å². The molecule has 0 saturated carbocycles. The normalized spacial score (nSPS) is 18.3. The average molecular weight is 373 g/mol. The molecule has 9 nitrogen and oxygen atoms in total. The summed E-state index contributed by atoms with van der Waals surface area (Å²) in [6.07, 6.45) is 6.22. The molecule has 1 saturated heterocycles. The number of pyridine rings is 1. The summed E-state index contributed by atoms with van der Waals surface area (Å²) in [5, 5.41) is 10.4. The van der Waals surface area contributed by atoms with Crippen LogP contribution in [0.15, 0.2) is 48.0 Å². The highest BCUT2D eigenvalue weighted by Gasteiger charge is 2.38. The number of rotatable bonds is 5. The Balaban J connectivity index is 1.57. The first-order valence-electron chi connectivity index (χ1n) is 8.27. The summed E-state index contributed by atoms with van der Waals surface area (Å²) in [5.74, 6) is 1.27. The molecule has 26 heavy (non-hydrogen) atoms. The summed E-state index contributed by atoms with van der Waals surface area (Å²) in [5.41, 5.74) is 0.750. The average Bonchev–Trinajstić information content (AvgIpc) is 3.35. The van der Waals surface area contributed by atoms with Crippen LogP contribution in [0.2, 0.25) is 0 Å². The lowest BCUT2D eigenvalue weighted by atomic mass is 10.2. The second-order valence-electron chi connectivity index (χ2n) is 6.20. The van der Waals surface area contributed by atoms with Crippen molar-refractivity contribution in [3.8, 4) is 0 Å². The van der Waals surface area contributed by atoms with E-state index < -0.39 is 10.0 Å². The van der Waals surface area contributed by atoms with Crippen molar-refractivity contribution in [3.63, 3.8) is 0 Å². The maximum absolute atomic E-state index is 12.9. The van der Waals surface area contributed by atoms with Crippen LogP contribution in [0.3, 0.4) is 0 Å². The largest absolute Gasteiger partial charge is 0.339 e. The number of aryl methyl sites for hydroxylation is 1. The van der Waals surface area contributed by atoms with Crippen LogP contribution in [-0.4, -0.2) is 44.0 Å². The Morgan fingerprint density at radius 2 is 2.15 bits per heavy atom. The highest BCUT2D eigenvalue weighted by atomic mass is 32.2. The molecular formula is C16H19N7O2S. The standard InChI is InChI=1S/C16H19N7O2S/c1-22-10-16(18-11-22)26(24,25)23-8-4-5-13(23)12-9-15(21-20-12)19-14-6-2-3-7-17-14/h2-3,6-7,9-11,13H,4-5,8H2,1H3,(H2,17,19,20,21)/t13-/m0/s1. The number of imidazole rings is 1. The zero-order valence-electron chi connectivity index (χ0n) is 14.2. The van der Waals surface area contributed by atoms with E-state index >= 15 is 0 Å². The van der Waals surface area contributed by atoms with Crippen LogP contribution in [0.25, 0.3) is 0 Å². The van der Waals surface area contributed by atoms with Crippen molar-refractivity contribution >= 4 is 21.7 Å². The van der Waals surface area contributed by atoms with Crippen LogP contribution in [0, 0.1) is 0 Å². The van der Waals surface area contributed by atoms with E-state index in [-0.39, 0.29) is 11.1 Å². The molecule has 0 unspecified atom stereocenters. The van der Waals surface area contributed by atoms with Gasteiger partial charge in [-0.3, -0.25) is 5.10 Å². The number of H-pyrrole nitrogens is 1. The highest BCUT2D eigenvalue weighted by molar-refractivity contribution is 7.89. The first-order chi connectivity index (χ1) is 12.5. The van der Waals surface area contributed by atoms with E-state index in [2.05, 4.69) is 25.5 Å². The van der Waals surface area contributed by atoms with Gasteiger partial charge in [-0.25, -0.2) is 18.4 Å². The molecule has 136 valence electrons. The number of hydrogen-bond acceptors (Lipinski definition) is 6. The van der Waals surface area contributed by atoms with Crippen LogP contribution >= 0.6 is 0 Å². The maximum atomic E-state index is 12.9. The van der Waals surface area contributed by atoms with E-state index in [4.69, 9.17) is 0 Å².